The maximum absolute atomic E-state index is 12.3. The van der Waals surface area contributed by atoms with E-state index in [0.29, 0.717) is 17.8 Å². The summed E-state index contributed by atoms with van der Waals surface area (Å²) >= 11 is 3.43. The zero-order valence-corrected chi connectivity index (χ0v) is 13.3. The van der Waals surface area contributed by atoms with E-state index in [1.54, 1.807) is 12.1 Å². The van der Waals surface area contributed by atoms with Crippen molar-refractivity contribution in [3.63, 3.8) is 0 Å². The molecule has 5 nitrogen and oxygen atoms in total. The number of carbonyl (C=O) groups is 2. The topological polar surface area (TPSA) is 55.2 Å². The van der Waals surface area contributed by atoms with Gasteiger partial charge in [0.1, 0.15) is 0 Å². The van der Waals surface area contributed by atoms with Crippen LogP contribution in [-0.4, -0.2) is 21.5 Å². The lowest BCUT2D eigenvalue weighted by Gasteiger charge is -2.18. The Hall–Kier alpha value is -1.95. The highest BCUT2D eigenvalue weighted by atomic mass is 79.9. The Morgan fingerprint density at radius 3 is 2.76 bits per heavy atom. The Morgan fingerprint density at radius 1 is 1.29 bits per heavy atom. The summed E-state index contributed by atoms with van der Waals surface area (Å²) in [4.78, 5) is 25.8. The summed E-state index contributed by atoms with van der Waals surface area (Å²) < 4.78 is 2.60. The van der Waals surface area contributed by atoms with Crippen molar-refractivity contribution in [1.82, 2.24) is 9.78 Å². The number of anilines is 1. The molecule has 0 saturated heterocycles. The molecule has 6 heteroatoms. The van der Waals surface area contributed by atoms with Gasteiger partial charge in [0.05, 0.1) is 29.2 Å². The van der Waals surface area contributed by atoms with E-state index in [1.807, 2.05) is 30.7 Å². The summed E-state index contributed by atoms with van der Waals surface area (Å²) in [5, 5.41) is 4.38. The average Bonchev–Trinajstić information content (AvgIpc) is 2.93. The summed E-state index contributed by atoms with van der Waals surface area (Å²) in [5.74, 6) is -0.941. The van der Waals surface area contributed by atoms with Gasteiger partial charge < -0.3 is 0 Å². The van der Waals surface area contributed by atoms with Crippen LogP contribution in [0.3, 0.4) is 0 Å². The molecule has 21 heavy (non-hydrogen) atoms. The van der Waals surface area contributed by atoms with Gasteiger partial charge in [-0.3, -0.25) is 19.2 Å². The molecular weight excluding hydrogens is 334 g/mol. The second kappa shape index (κ2) is 5.11. The van der Waals surface area contributed by atoms with Gasteiger partial charge in [0.25, 0.3) is 11.7 Å². The minimum absolute atomic E-state index is 0.342. The number of nitrogens with zero attached hydrogens (tertiary/aromatic N) is 3. The zero-order chi connectivity index (χ0) is 15.1. The second-order valence-corrected chi connectivity index (χ2v) is 5.80. The third kappa shape index (κ3) is 2.19. The molecule has 1 aliphatic rings. The molecule has 1 aromatic carbocycles. The van der Waals surface area contributed by atoms with Crippen LogP contribution in [0.5, 0.6) is 0 Å². The van der Waals surface area contributed by atoms with Crippen molar-refractivity contribution >= 4 is 33.3 Å². The van der Waals surface area contributed by atoms with E-state index < -0.39 is 11.7 Å². The SMILES string of the molecule is CCn1nc(C)cc1CN1C(=O)C(=O)c2cccc(Br)c21. The highest BCUT2D eigenvalue weighted by molar-refractivity contribution is 9.10. The molecule has 0 fully saturated rings. The molecule has 2 heterocycles. The van der Waals surface area contributed by atoms with Gasteiger partial charge in [-0.2, -0.15) is 5.10 Å². The first-order valence-corrected chi connectivity index (χ1v) is 7.50. The molecule has 1 aromatic heterocycles. The zero-order valence-electron chi connectivity index (χ0n) is 11.8. The van der Waals surface area contributed by atoms with Crippen molar-refractivity contribution < 1.29 is 9.59 Å². The lowest BCUT2D eigenvalue weighted by molar-refractivity contribution is -0.114. The van der Waals surface area contributed by atoms with Crippen LogP contribution in [0.1, 0.15) is 28.7 Å². The van der Waals surface area contributed by atoms with Crippen molar-refractivity contribution in [2.75, 3.05) is 4.90 Å². The lowest BCUT2D eigenvalue weighted by Crippen LogP contribution is -2.30. The van der Waals surface area contributed by atoms with Crippen LogP contribution in [0, 0.1) is 6.92 Å². The molecule has 0 unspecified atom stereocenters. The minimum atomic E-state index is -0.488. The molecule has 0 atom stereocenters. The number of Topliss-reactive ketones (excluding diaryl/α,β-unsaturated/α-hetero) is 1. The Morgan fingerprint density at radius 2 is 2.05 bits per heavy atom. The number of para-hydroxylation sites is 1. The first kappa shape index (κ1) is 14.0. The molecule has 0 aliphatic carbocycles. The molecule has 1 aliphatic heterocycles. The molecule has 2 aromatic rings. The molecule has 0 spiro atoms. The fraction of sp³-hybridized carbons (Fsp3) is 0.267. The van der Waals surface area contributed by atoms with Gasteiger partial charge >= 0.3 is 0 Å². The Labute approximate surface area is 130 Å². The van der Waals surface area contributed by atoms with Gasteiger partial charge in [0, 0.05) is 11.0 Å². The van der Waals surface area contributed by atoms with Gasteiger partial charge in [0.2, 0.25) is 0 Å². The standard InChI is InChI=1S/C15H14BrN3O2/c1-3-19-10(7-9(2)17-19)8-18-13-11(14(20)15(18)21)5-4-6-12(13)16/h4-7H,3,8H2,1-2H3. The quantitative estimate of drug-likeness (QED) is 0.802. The van der Waals surface area contributed by atoms with Crippen molar-refractivity contribution in [1.29, 1.82) is 0 Å². The van der Waals surface area contributed by atoms with Crippen LogP contribution in [0.15, 0.2) is 28.7 Å². The number of hydrogen-bond acceptors (Lipinski definition) is 3. The summed E-state index contributed by atoms with van der Waals surface area (Å²) in [6.07, 6.45) is 0. The molecule has 0 bridgehead atoms. The number of aromatic nitrogens is 2. The average molecular weight is 348 g/mol. The van der Waals surface area contributed by atoms with E-state index >= 15 is 0 Å². The number of halogens is 1. The molecular formula is C15H14BrN3O2. The summed E-state index contributed by atoms with van der Waals surface area (Å²) in [5.41, 5.74) is 2.92. The fourth-order valence-electron chi connectivity index (χ4n) is 2.63. The van der Waals surface area contributed by atoms with E-state index in [1.165, 1.54) is 4.90 Å². The Bertz CT molecular complexity index is 751. The number of ketones is 1. The van der Waals surface area contributed by atoms with E-state index in [0.717, 1.165) is 22.4 Å². The highest BCUT2D eigenvalue weighted by Gasteiger charge is 2.37. The normalized spacial score (nSPS) is 14.0. The van der Waals surface area contributed by atoms with Crippen LogP contribution in [0.2, 0.25) is 0 Å². The van der Waals surface area contributed by atoms with Gasteiger partial charge in [0.15, 0.2) is 0 Å². The van der Waals surface area contributed by atoms with Crippen LogP contribution < -0.4 is 4.90 Å². The molecule has 0 radical (unpaired) electrons. The number of rotatable bonds is 3. The third-order valence-electron chi connectivity index (χ3n) is 3.55. The van der Waals surface area contributed by atoms with E-state index in [9.17, 15) is 9.59 Å². The lowest BCUT2D eigenvalue weighted by atomic mass is 10.1. The minimum Gasteiger partial charge on any atom is -0.298 e. The summed E-state index contributed by atoms with van der Waals surface area (Å²) in [6.45, 7) is 4.98. The van der Waals surface area contributed by atoms with Crippen LogP contribution >= 0.6 is 15.9 Å². The van der Waals surface area contributed by atoms with Crippen LogP contribution in [0.4, 0.5) is 5.69 Å². The number of aryl methyl sites for hydroxylation is 2. The Balaban J connectivity index is 2.04. The molecule has 0 saturated carbocycles. The number of fused-ring (bicyclic) bond motifs is 1. The van der Waals surface area contributed by atoms with Crippen molar-refractivity contribution in [3.8, 4) is 0 Å². The summed E-state index contributed by atoms with van der Waals surface area (Å²) in [6, 6.07) is 7.22. The van der Waals surface area contributed by atoms with Gasteiger partial charge in [-0.25, -0.2) is 0 Å². The smallest absolute Gasteiger partial charge is 0.298 e. The van der Waals surface area contributed by atoms with Gasteiger partial charge in [-0.15, -0.1) is 0 Å². The molecule has 108 valence electrons. The maximum Gasteiger partial charge on any atom is 0.299 e. The van der Waals surface area contributed by atoms with Gasteiger partial charge in [-0.1, -0.05) is 6.07 Å². The second-order valence-electron chi connectivity index (χ2n) is 4.95. The fourth-order valence-corrected chi connectivity index (χ4v) is 3.21. The molecule has 3 rings (SSSR count). The molecule has 0 N–H and O–H groups in total. The maximum atomic E-state index is 12.3. The highest BCUT2D eigenvalue weighted by Crippen LogP contribution is 2.36. The first-order valence-electron chi connectivity index (χ1n) is 6.71. The van der Waals surface area contributed by atoms with Crippen LogP contribution in [0.25, 0.3) is 0 Å². The predicted octanol–water partition coefficient (Wildman–Crippen LogP) is 2.70. The summed E-state index contributed by atoms with van der Waals surface area (Å²) in [7, 11) is 0. The van der Waals surface area contributed by atoms with Gasteiger partial charge in [-0.05, 0) is 48.0 Å². The monoisotopic (exact) mass is 347 g/mol. The third-order valence-corrected chi connectivity index (χ3v) is 4.19. The number of carbonyl (C=O) groups excluding carboxylic acids is 2. The van der Waals surface area contributed by atoms with Crippen molar-refractivity contribution in [3.05, 3.63) is 45.7 Å². The van der Waals surface area contributed by atoms with Crippen LogP contribution in [-0.2, 0) is 17.9 Å². The number of benzene rings is 1. The first-order chi connectivity index (χ1) is 10.0. The Kier molecular flexibility index (Phi) is 3.41. The van der Waals surface area contributed by atoms with E-state index in [-0.39, 0.29) is 0 Å². The largest absolute Gasteiger partial charge is 0.299 e. The number of hydrogen-bond donors (Lipinski definition) is 0. The number of amides is 1. The molecule has 1 amide bonds. The van der Waals surface area contributed by atoms with E-state index in [2.05, 4.69) is 21.0 Å². The van der Waals surface area contributed by atoms with E-state index in [4.69, 9.17) is 0 Å². The predicted molar refractivity (Wildman–Crippen MR) is 82.3 cm³/mol. The van der Waals surface area contributed by atoms with Crippen molar-refractivity contribution in [2.24, 2.45) is 0 Å². The van der Waals surface area contributed by atoms with Crippen molar-refractivity contribution in [2.45, 2.75) is 26.9 Å².